The van der Waals surface area contributed by atoms with Crippen molar-refractivity contribution >= 4 is 33.2 Å². The topological polar surface area (TPSA) is 102 Å². The Labute approximate surface area is 166 Å². The van der Waals surface area contributed by atoms with E-state index in [-0.39, 0.29) is 23.7 Å². The molecule has 0 spiro atoms. The highest BCUT2D eigenvalue weighted by atomic mass is 79.9. The highest BCUT2D eigenvalue weighted by Crippen LogP contribution is 2.30. The molecule has 0 atom stereocenters. The first-order chi connectivity index (χ1) is 12.9. The maximum atomic E-state index is 12.3. The number of nitrogens with zero attached hydrogens (tertiary/aromatic N) is 2. The summed E-state index contributed by atoms with van der Waals surface area (Å²) in [5, 5.41) is 19.3. The van der Waals surface area contributed by atoms with Crippen molar-refractivity contribution in [2.24, 2.45) is 0 Å². The number of halogens is 1. The van der Waals surface area contributed by atoms with Crippen molar-refractivity contribution in [2.75, 3.05) is 6.61 Å². The number of aromatic nitrogens is 2. The van der Waals surface area contributed by atoms with Crippen molar-refractivity contribution in [3.05, 3.63) is 72.9 Å². The quantitative estimate of drug-likeness (QED) is 0.573. The number of carboxylic acids is 1. The molecule has 140 valence electrons. The average molecular weight is 451 g/mol. The molecule has 0 aliphatic carbocycles. The molecule has 3 aromatic rings. The molecule has 27 heavy (non-hydrogen) atoms. The van der Waals surface area contributed by atoms with Crippen LogP contribution in [-0.2, 0) is 17.8 Å². The van der Waals surface area contributed by atoms with E-state index in [1.807, 2.05) is 0 Å². The van der Waals surface area contributed by atoms with Gasteiger partial charge in [-0.05, 0) is 35.9 Å². The lowest BCUT2D eigenvalue weighted by atomic mass is 10.1. The van der Waals surface area contributed by atoms with E-state index in [0.29, 0.717) is 16.2 Å². The standard InChI is InChI=1S/C18H15BrN2O5S/c19-13-1-2-14(26-10-16(22)23)12(7-13)8-15-17(24)21(18(25)27-15)9-11-3-5-20-6-4-11/h1-7,24H,8-10H2,(H,22,23). The molecule has 2 N–H and O–H groups in total. The van der Waals surface area contributed by atoms with Gasteiger partial charge in [0.15, 0.2) is 6.61 Å². The van der Waals surface area contributed by atoms with Crippen molar-refractivity contribution in [1.29, 1.82) is 0 Å². The number of hydrogen-bond acceptors (Lipinski definition) is 6. The second-order valence-electron chi connectivity index (χ2n) is 5.67. The predicted molar refractivity (Wildman–Crippen MR) is 104 cm³/mol. The number of thiazole rings is 1. The fourth-order valence-electron chi connectivity index (χ4n) is 2.51. The van der Waals surface area contributed by atoms with Crippen LogP contribution in [0.4, 0.5) is 0 Å². The molecule has 0 fully saturated rings. The first kappa shape index (κ1) is 19.1. The third-order valence-electron chi connectivity index (χ3n) is 3.75. The molecule has 0 saturated heterocycles. The fourth-order valence-corrected chi connectivity index (χ4v) is 3.82. The zero-order chi connectivity index (χ0) is 19.4. The van der Waals surface area contributed by atoms with Crippen LogP contribution in [0.5, 0.6) is 11.6 Å². The average Bonchev–Trinajstić information content (AvgIpc) is 2.89. The van der Waals surface area contributed by atoms with Crippen molar-refractivity contribution < 1.29 is 19.7 Å². The number of aromatic hydroxyl groups is 1. The van der Waals surface area contributed by atoms with Crippen LogP contribution in [0.25, 0.3) is 0 Å². The highest BCUT2D eigenvalue weighted by Gasteiger charge is 2.17. The van der Waals surface area contributed by atoms with Gasteiger partial charge in [0.2, 0.25) is 5.88 Å². The van der Waals surface area contributed by atoms with Crippen molar-refractivity contribution in [3.63, 3.8) is 0 Å². The van der Waals surface area contributed by atoms with Crippen LogP contribution in [0.15, 0.2) is 52.0 Å². The van der Waals surface area contributed by atoms with Gasteiger partial charge in [0.05, 0.1) is 11.4 Å². The second kappa shape index (κ2) is 8.36. The van der Waals surface area contributed by atoms with E-state index < -0.39 is 12.6 Å². The molecule has 1 aromatic carbocycles. The van der Waals surface area contributed by atoms with Gasteiger partial charge in [0.25, 0.3) is 0 Å². The van der Waals surface area contributed by atoms with Crippen LogP contribution in [0.1, 0.15) is 16.0 Å². The second-order valence-corrected chi connectivity index (χ2v) is 7.63. The summed E-state index contributed by atoms with van der Waals surface area (Å²) in [6.45, 7) is -0.232. The molecular formula is C18H15BrN2O5S. The Balaban J connectivity index is 1.88. The molecule has 9 heteroatoms. The predicted octanol–water partition coefficient (Wildman–Crippen LogP) is 2.88. The molecule has 2 heterocycles. The lowest BCUT2D eigenvalue weighted by Crippen LogP contribution is -2.13. The molecule has 0 aliphatic heterocycles. The van der Waals surface area contributed by atoms with Crippen molar-refractivity contribution in [3.8, 4) is 11.6 Å². The normalized spacial score (nSPS) is 10.7. The van der Waals surface area contributed by atoms with E-state index >= 15 is 0 Å². The van der Waals surface area contributed by atoms with Gasteiger partial charge in [-0.3, -0.25) is 14.3 Å². The van der Waals surface area contributed by atoms with Crippen LogP contribution in [0, 0.1) is 0 Å². The Morgan fingerprint density at radius 3 is 2.70 bits per heavy atom. The van der Waals surface area contributed by atoms with Crippen LogP contribution in [0.2, 0.25) is 0 Å². The summed E-state index contributed by atoms with van der Waals surface area (Å²) in [5.41, 5.74) is 1.51. The Morgan fingerprint density at radius 1 is 1.26 bits per heavy atom. The maximum Gasteiger partial charge on any atom is 0.341 e. The summed E-state index contributed by atoms with van der Waals surface area (Å²) in [7, 11) is 0. The zero-order valence-electron chi connectivity index (χ0n) is 14.0. The largest absolute Gasteiger partial charge is 0.494 e. The van der Waals surface area contributed by atoms with Crippen molar-refractivity contribution in [1.82, 2.24) is 9.55 Å². The number of hydrogen-bond donors (Lipinski definition) is 2. The van der Waals surface area contributed by atoms with Gasteiger partial charge >= 0.3 is 10.8 Å². The molecule has 2 aromatic heterocycles. The molecule has 0 bridgehead atoms. The number of benzene rings is 1. The molecule has 0 unspecified atom stereocenters. The minimum absolute atomic E-state index is 0.106. The monoisotopic (exact) mass is 450 g/mol. The Hall–Kier alpha value is -2.65. The molecule has 0 radical (unpaired) electrons. The lowest BCUT2D eigenvalue weighted by molar-refractivity contribution is -0.139. The molecule has 0 aliphatic rings. The number of aliphatic carboxylic acids is 1. The summed E-state index contributed by atoms with van der Waals surface area (Å²) < 4.78 is 7.39. The summed E-state index contributed by atoms with van der Waals surface area (Å²) in [5.74, 6) is -0.799. The van der Waals surface area contributed by atoms with Gasteiger partial charge in [-0.15, -0.1) is 0 Å². The Kier molecular flexibility index (Phi) is 5.92. The summed E-state index contributed by atoms with van der Waals surface area (Å²) >= 11 is 4.32. The number of ether oxygens (including phenoxy) is 1. The van der Waals surface area contributed by atoms with Gasteiger partial charge in [-0.2, -0.15) is 0 Å². The third-order valence-corrected chi connectivity index (χ3v) is 5.21. The number of carboxylic acid groups (broad SMARTS) is 1. The molecule has 3 rings (SSSR count). The van der Waals surface area contributed by atoms with Gasteiger partial charge < -0.3 is 14.9 Å². The van der Waals surface area contributed by atoms with E-state index in [2.05, 4.69) is 20.9 Å². The Morgan fingerprint density at radius 2 is 2.00 bits per heavy atom. The summed E-state index contributed by atoms with van der Waals surface area (Å²) in [4.78, 5) is 27.2. The fraction of sp³-hybridized carbons (Fsp3) is 0.167. The molecule has 7 nitrogen and oxygen atoms in total. The molecular weight excluding hydrogens is 436 g/mol. The van der Waals surface area contributed by atoms with Crippen LogP contribution >= 0.6 is 27.3 Å². The minimum Gasteiger partial charge on any atom is -0.494 e. The van der Waals surface area contributed by atoms with Crippen LogP contribution < -0.4 is 9.61 Å². The van der Waals surface area contributed by atoms with Crippen LogP contribution in [0.3, 0.4) is 0 Å². The molecule has 0 saturated carbocycles. The smallest absolute Gasteiger partial charge is 0.341 e. The zero-order valence-corrected chi connectivity index (χ0v) is 16.4. The van der Waals surface area contributed by atoms with E-state index in [1.165, 1.54) is 4.57 Å². The van der Waals surface area contributed by atoms with E-state index in [0.717, 1.165) is 21.4 Å². The van der Waals surface area contributed by atoms with Gasteiger partial charge in [-0.1, -0.05) is 27.3 Å². The first-order valence-corrected chi connectivity index (χ1v) is 9.48. The first-order valence-electron chi connectivity index (χ1n) is 7.87. The highest BCUT2D eigenvalue weighted by molar-refractivity contribution is 9.10. The molecule has 0 amide bonds. The minimum atomic E-state index is -1.08. The van der Waals surface area contributed by atoms with Gasteiger partial charge in [0, 0.05) is 28.9 Å². The SMILES string of the molecule is O=C(O)COc1ccc(Br)cc1Cc1sc(=O)n(Cc2ccncc2)c1O. The van der Waals surface area contributed by atoms with E-state index in [1.54, 1.807) is 42.7 Å². The number of carbonyl (C=O) groups is 1. The van der Waals surface area contributed by atoms with E-state index in [9.17, 15) is 14.7 Å². The Bertz CT molecular complexity index is 1020. The number of pyridine rings is 1. The van der Waals surface area contributed by atoms with Crippen molar-refractivity contribution in [2.45, 2.75) is 13.0 Å². The third kappa shape index (κ3) is 4.75. The summed E-state index contributed by atoms with van der Waals surface area (Å²) in [6, 6.07) is 8.70. The van der Waals surface area contributed by atoms with Gasteiger partial charge in [-0.25, -0.2) is 4.79 Å². The van der Waals surface area contributed by atoms with Gasteiger partial charge in [0.1, 0.15) is 5.75 Å². The van der Waals surface area contributed by atoms with Crippen LogP contribution in [-0.4, -0.2) is 32.3 Å². The van der Waals surface area contributed by atoms with E-state index in [4.69, 9.17) is 9.84 Å². The summed E-state index contributed by atoms with van der Waals surface area (Å²) in [6.07, 6.45) is 3.49. The number of rotatable bonds is 7. The maximum absolute atomic E-state index is 12.3. The lowest BCUT2D eigenvalue weighted by Gasteiger charge is -2.10.